The summed E-state index contributed by atoms with van der Waals surface area (Å²) in [5.74, 6) is -0.188. The van der Waals surface area contributed by atoms with Gasteiger partial charge in [0.15, 0.2) is 0 Å². The highest BCUT2D eigenvalue weighted by Gasteiger charge is 2.09. The molecule has 0 aliphatic rings. The van der Waals surface area contributed by atoms with Crippen molar-refractivity contribution in [2.75, 3.05) is 5.32 Å². The Hall–Kier alpha value is -2.76. The van der Waals surface area contributed by atoms with Gasteiger partial charge in [0.05, 0.1) is 23.1 Å². The van der Waals surface area contributed by atoms with E-state index in [1.807, 2.05) is 0 Å². The lowest BCUT2D eigenvalue weighted by Gasteiger charge is -2.07. The largest absolute Gasteiger partial charge is 0.320 e. The summed E-state index contributed by atoms with van der Waals surface area (Å²) in [4.78, 5) is 16.3. The minimum absolute atomic E-state index is 0.188. The zero-order valence-electron chi connectivity index (χ0n) is 10.2. The van der Waals surface area contributed by atoms with Crippen molar-refractivity contribution in [2.45, 2.75) is 6.92 Å². The van der Waals surface area contributed by atoms with E-state index in [2.05, 4.69) is 20.5 Å². The van der Waals surface area contributed by atoms with Crippen LogP contribution in [0.1, 0.15) is 16.1 Å². The summed E-state index contributed by atoms with van der Waals surface area (Å²) in [6, 6.07) is 5.25. The van der Waals surface area contributed by atoms with Gasteiger partial charge in [-0.2, -0.15) is 10.2 Å². The third kappa shape index (κ3) is 2.15. The zero-order chi connectivity index (χ0) is 13.2. The number of fused-ring (bicyclic) bond motifs is 1. The van der Waals surface area contributed by atoms with E-state index in [0.29, 0.717) is 16.9 Å². The predicted octanol–water partition coefficient (Wildman–Crippen LogP) is 1.69. The monoisotopic (exact) mass is 253 g/mol. The van der Waals surface area contributed by atoms with Crippen LogP contribution >= 0.6 is 0 Å². The van der Waals surface area contributed by atoms with Crippen LogP contribution in [-0.2, 0) is 0 Å². The molecule has 0 fully saturated rings. The molecule has 94 valence electrons. The van der Waals surface area contributed by atoms with Crippen molar-refractivity contribution in [3.05, 3.63) is 54.2 Å². The van der Waals surface area contributed by atoms with E-state index in [-0.39, 0.29) is 5.91 Å². The Morgan fingerprint density at radius 1 is 1.26 bits per heavy atom. The van der Waals surface area contributed by atoms with Gasteiger partial charge in [0.1, 0.15) is 5.65 Å². The third-order valence-corrected chi connectivity index (χ3v) is 2.80. The Bertz CT molecular complexity index is 749. The van der Waals surface area contributed by atoms with Crippen LogP contribution in [0, 0.1) is 6.92 Å². The van der Waals surface area contributed by atoms with E-state index in [4.69, 9.17) is 0 Å². The fourth-order valence-electron chi connectivity index (χ4n) is 1.78. The lowest BCUT2D eigenvalue weighted by atomic mass is 10.2. The van der Waals surface area contributed by atoms with Crippen LogP contribution in [0.4, 0.5) is 5.69 Å². The van der Waals surface area contributed by atoms with E-state index in [1.54, 1.807) is 54.3 Å². The minimum Gasteiger partial charge on any atom is -0.320 e. The number of imidazole rings is 1. The number of carbonyl (C=O) groups is 1. The van der Waals surface area contributed by atoms with Gasteiger partial charge in [-0.25, -0.2) is 4.98 Å². The van der Waals surface area contributed by atoms with Crippen molar-refractivity contribution in [3.8, 4) is 0 Å². The molecule has 6 nitrogen and oxygen atoms in total. The maximum atomic E-state index is 12.1. The maximum Gasteiger partial charge on any atom is 0.257 e. The number of amides is 1. The normalized spacial score (nSPS) is 10.6. The first kappa shape index (κ1) is 11.3. The second kappa shape index (κ2) is 4.49. The lowest BCUT2D eigenvalue weighted by Crippen LogP contribution is -2.14. The van der Waals surface area contributed by atoms with Gasteiger partial charge in [-0.1, -0.05) is 0 Å². The quantitative estimate of drug-likeness (QED) is 0.754. The fraction of sp³-hybridized carbons (Fsp3) is 0.0769. The van der Waals surface area contributed by atoms with Crippen molar-refractivity contribution >= 4 is 17.2 Å². The molecule has 0 radical (unpaired) electrons. The van der Waals surface area contributed by atoms with Crippen molar-refractivity contribution in [3.63, 3.8) is 0 Å². The van der Waals surface area contributed by atoms with Crippen LogP contribution in [0.25, 0.3) is 5.65 Å². The van der Waals surface area contributed by atoms with E-state index in [1.165, 1.54) is 0 Å². The number of pyridine rings is 1. The summed E-state index contributed by atoms with van der Waals surface area (Å²) >= 11 is 0. The number of anilines is 1. The topological polar surface area (TPSA) is 72.2 Å². The standard InChI is InChI=1S/C13H11N5O/c1-9-11(4-5-15-17-9)16-13(19)10-2-3-12-14-6-7-18(12)8-10/h2-8H,1H3,(H,15,16,19). The van der Waals surface area contributed by atoms with Crippen LogP contribution in [0.3, 0.4) is 0 Å². The van der Waals surface area contributed by atoms with Crippen molar-refractivity contribution in [1.82, 2.24) is 19.6 Å². The molecular formula is C13H11N5O. The Morgan fingerprint density at radius 3 is 3.00 bits per heavy atom. The molecule has 3 rings (SSSR count). The van der Waals surface area contributed by atoms with Crippen LogP contribution in [0.15, 0.2) is 43.0 Å². The molecule has 19 heavy (non-hydrogen) atoms. The summed E-state index contributed by atoms with van der Waals surface area (Å²) in [6.07, 6.45) is 6.77. The molecule has 1 amide bonds. The first-order valence-corrected chi connectivity index (χ1v) is 5.76. The van der Waals surface area contributed by atoms with Crippen molar-refractivity contribution in [1.29, 1.82) is 0 Å². The van der Waals surface area contributed by atoms with Crippen molar-refractivity contribution < 1.29 is 4.79 Å². The Kier molecular flexibility index (Phi) is 2.68. The van der Waals surface area contributed by atoms with Gasteiger partial charge in [0.25, 0.3) is 5.91 Å². The summed E-state index contributed by atoms with van der Waals surface area (Å²) in [5, 5.41) is 10.4. The number of aromatic nitrogens is 4. The third-order valence-electron chi connectivity index (χ3n) is 2.80. The molecule has 6 heteroatoms. The Morgan fingerprint density at radius 2 is 2.16 bits per heavy atom. The highest BCUT2D eigenvalue weighted by molar-refractivity contribution is 6.04. The Labute approximate surface area is 109 Å². The maximum absolute atomic E-state index is 12.1. The van der Waals surface area contributed by atoms with E-state index >= 15 is 0 Å². The average Bonchev–Trinajstić information content (AvgIpc) is 2.88. The molecule has 3 heterocycles. The molecule has 3 aromatic heterocycles. The number of aryl methyl sites for hydroxylation is 1. The number of hydrogen-bond acceptors (Lipinski definition) is 4. The van der Waals surface area contributed by atoms with Crippen LogP contribution in [0.2, 0.25) is 0 Å². The second-order valence-electron chi connectivity index (χ2n) is 4.09. The Balaban J connectivity index is 1.89. The van der Waals surface area contributed by atoms with Crippen LogP contribution in [0.5, 0.6) is 0 Å². The van der Waals surface area contributed by atoms with Gasteiger partial charge in [0, 0.05) is 18.6 Å². The molecule has 0 spiro atoms. The van der Waals surface area contributed by atoms with Gasteiger partial charge >= 0.3 is 0 Å². The first-order chi connectivity index (χ1) is 9.24. The summed E-state index contributed by atoms with van der Waals surface area (Å²) < 4.78 is 1.80. The van der Waals surface area contributed by atoms with Crippen molar-refractivity contribution in [2.24, 2.45) is 0 Å². The van der Waals surface area contributed by atoms with E-state index < -0.39 is 0 Å². The number of nitrogens with one attached hydrogen (secondary N) is 1. The van der Waals surface area contributed by atoms with Gasteiger partial charge in [0.2, 0.25) is 0 Å². The van der Waals surface area contributed by atoms with E-state index in [9.17, 15) is 4.79 Å². The molecule has 3 aromatic rings. The number of nitrogens with zero attached hydrogens (tertiary/aromatic N) is 4. The molecule has 0 aliphatic carbocycles. The van der Waals surface area contributed by atoms with Gasteiger partial charge in [-0.15, -0.1) is 0 Å². The highest BCUT2D eigenvalue weighted by atomic mass is 16.1. The number of rotatable bonds is 2. The SMILES string of the molecule is Cc1nnccc1NC(=O)c1ccc2nccn2c1. The highest BCUT2D eigenvalue weighted by Crippen LogP contribution is 2.12. The molecule has 0 aliphatic heterocycles. The molecule has 0 aromatic carbocycles. The molecular weight excluding hydrogens is 242 g/mol. The lowest BCUT2D eigenvalue weighted by molar-refractivity contribution is 0.102. The average molecular weight is 253 g/mol. The van der Waals surface area contributed by atoms with Gasteiger partial charge in [-0.3, -0.25) is 4.79 Å². The molecule has 0 saturated carbocycles. The van der Waals surface area contributed by atoms with Gasteiger partial charge in [-0.05, 0) is 25.1 Å². The van der Waals surface area contributed by atoms with Gasteiger partial charge < -0.3 is 9.72 Å². The number of hydrogen-bond donors (Lipinski definition) is 1. The molecule has 1 N–H and O–H groups in total. The van der Waals surface area contributed by atoms with Crippen LogP contribution < -0.4 is 5.32 Å². The predicted molar refractivity (Wildman–Crippen MR) is 69.9 cm³/mol. The first-order valence-electron chi connectivity index (χ1n) is 5.76. The second-order valence-corrected chi connectivity index (χ2v) is 4.09. The summed E-state index contributed by atoms with van der Waals surface area (Å²) in [7, 11) is 0. The molecule has 0 bridgehead atoms. The smallest absolute Gasteiger partial charge is 0.257 e. The fourth-order valence-corrected chi connectivity index (χ4v) is 1.78. The number of carbonyl (C=O) groups excluding carboxylic acids is 1. The molecule has 0 atom stereocenters. The molecule has 0 saturated heterocycles. The van der Waals surface area contributed by atoms with E-state index in [0.717, 1.165) is 5.65 Å². The molecule has 0 unspecified atom stereocenters. The van der Waals surface area contributed by atoms with Crippen LogP contribution in [-0.4, -0.2) is 25.5 Å². The summed E-state index contributed by atoms with van der Waals surface area (Å²) in [5.41, 5.74) is 2.70. The minimum atomic E-state index is -0.188. The summed E-state index contributed by atoms with van der Waals surface area (Å²) in [6.45, 7) is 1.79. The zero-order valence-corrected chi connectivity index (χ0v) is 10.2.